The van der Waals surface area contributed by atoms with Gasteiger partial charge < -0.3 is 10.1 Å². The van der Waals surface area contributed by atoms with Crippen molar-refractivity contribution < 1.29 is 29.0 Å². The van der Waals surface area contributed by atoms with Gasteiger partial charge in [0.1, 0.15) is 11.3 Å². The Kier molecular flexibility index (Phi) is 6.96. The first-order chi connectivity index (χ1) is 15.7. The van der Waals surface area contributed by atoms with Gasteiger partial charge in [-0.05, 0) is 25.0 Å². The summed E-state index contributed by atoms with van der Waals surface area (Å²) in [5.74, 6) is -1.41. The minimum Gasteiger partial charge on any atom is -0.494 e. The first-order valence-corrected chi connectivity index (χ1v) is 10.0. The zero-order valence-electron chi connectivity index (χ0n) is 17.6. The lowest BCUT2D eigenvalue weighted by molar-refractivity contribution is -0.385. The number of carbonyl (C=O) groups is 3. The van der Waals surface area contributed by atoms with Gasteiger partial charge in [0.25, 0.3) is 23.2 Å². The summed E-state index contributed by atoms with van der Waals surface area (Å²) < 4.78 is 5.08. The van der Waals surface area contributed by atoms with Gasteiger partial charge in [-0.1, -0.05) is 12.5 Å². The number of unbranched alkanes of at least 4 members (excludes halogenated alkanes) is 2. The minimum atomic E-state index is -0.690. The van der Waals surface area contributed by atoms with Crippen molar-refractivity contribution in [3.8, 4) is 5.75 Å². The molecule has 1 heterocycles. The zero-order valence-corrected chi connectivity index (χ0v) is 17.6. The monoisotopic (exact) mass is 456 g/mol. The van der Waals surface area contributed by atoms with E-state index < -0.39 is 27.3 Å². The summed E-state index contributed by atoms with van der Waals surface area (Å²) in [6, 6.07) is 7.79. The van der Waals surface area contributed by atoms with Gasteiger partial charge in [-0.15, -0.1) is 0 Å². The molecule has 1 aliphatic heterocycles. The Labute approximate surface area is 187 Å². The summed E-state index contributed by atoms with van der Waals surface area (Å²) in [4.78, 5) is 58.9. The maximum atomic E-state index is 12.5. The molecule has 1 N–H and O–H groups in total. The number of methoxy groups -OCH3 is 1. The summed E-state index contributed by atoms with van der Waals surface area (Å²) in [5, 5.41) is 24.6. The highest BCUT2D eigenvalue weighted by atomic mass is 16.6. The number of nitrogens with one attached hydrogen (secondary N) is 1. The summed E-state index contributed by atoms with van der Waals surface area (Å²) >= 11 is 0. The van der Waals surface area contributed by atoms with E-state index in [4.69, 9.17) is 4.74 Å². The third-order valence-corrected chi connectivity index (χ3v) is 5.13. The molecule has 0 aromatic heterocycles. The molecule has 0 unspecified atom stereocenters. The third kappa shape index (κ3) is 4.95. The Bertz CT molecular complexity index is 1150. The molecule has 3 amide bonds. The average molecular weight is 456 g/mol. The van der Waals surface area contributed by atoms with E-state index in [1.807, 2.05) is 0 Å². The van der Waals surface area contributed by atoms with Gasteiger partial charge in [-0.3, -0.25) is 39.5 Å². The Hall–Kier alpha value is -4.35. The molecular weight excluding hydrogens is 436 g/mol. The molecule has 0 aliphatic carbocycles. The molecule has 0 radical (unpaired) electrons. The van der Waals surface area contributed by atoms with Crippen LogP contribution in [-0.4, -0.2) is 46.1 Å². The SMILES string of the molecule is COc1cc([N+](=O)[O-])ccc1NC(=O)CCCCCN1C(=O)c2cccc([N+](=O)[O-])c2C1=O. The number of hydrogen-bond donors (Lipinski definition) is 1. The highest BCUT2D eigenvalue weighted by Crippen LogP contribution is 2.31. The van der Waals surface area contributed by atoms with Crippen molar-refractivity contribution in [3.05, 3.63) is 67.8 Å². The zero-order chi connectivity index (χ0) is 24.1. The van der Waals surface area contributed by atoms with Gasteiger partial charge in [-0.2, -0.15) is 0 Å². The maximum Gasteiger partial charge on any atom is 0.282 e. The number of benzene rings is 2. The average Bonchev–Trinajstić information content (AvgIpc) is 3.03. The fourth-order valence-electron chi connectivity index (χ4n) is 3.51. The molecule has 12 nitrogen and oxygen atoms in total. The van der Waals surface area contributed by atoms with Crippen LogP contribution in [0.3, 0.4) is 0 Å². The minimum absolute atomic E-state index is 0.0191. The number of hydrogen-bond acceptors (Lipinski definition) is 8. The number of ether oxygens (including phenoxy) is 1. The van der Waals surface area contributed by atoms with Crippen LogP contribution in [0.4, 0.5) is 17.1 Å². The van der Waals surface area contributed by atoms with Crippen LogP contribution in [0.2, 0.25) is 0 Å². The number of rotatable bonds is 10. The molecule has 1 aliphatic rings. The molecule has 2 aromatic rings. The van der Waals surface area contributed by atoms with Crippen molar-refractivity contribution in [3.63, 3.8) is 0 Å². The van der Waals surface area contributed by atoms with Crippen LogP contribution in [0, 0.1) is 20.2 Å². The molecule has 0 bridgehead atoms. The maximum absolute atomic E-state index is 12.5. The third-order valence-electron chi connectivity index (χ3n) is 5.13. The van der Waals surface area contributed by atoms with Crippen LogP contribution >= 0.6 is 0 Å². The van der Waals surface area contributed by atoms with Gasteiger partial charge in [0.15, 0.2) is 0 Å². The van der Waals surface area contributed by atoms with Crippen LogP contribution in [0.25, 0.3) is 0 Å². The first kappa shape index (κ1) is 23.3. The van der Waals surface area contributed by atoms with E-state index in [-0.39, 0.29) is 41.4 Å². The number of non-ortho nitro benzene ring substituents is 1. The lowest BCUT2D eigenvalue weighted by Crippen LogP contribution is -2.30. The van der Waals surface area contributed by atoms with E-state index in [0.29, 0.717) is 24.9 Å². The highest BCUT2D eigenvalue weighted by molar-refractivity contribution is 6.23. The Morgan fingerprint density at radius 2 is 1.79 bits per heavy atom. The summed E-state index contributed by atoms with van der Waals surface area (Å²) in [6.45, 7) is 0.0846. The molecule has 0 atom stereocenters. The van der Waals surface area contributed by atoms with Crippen molar-refractivity contribution in [2.24, 2.45) is 0 Å². The van der Waals surface area contributed by atoms with Gasteiger partial charge in [0.05, 0.1) is 34.3 Å². The van der Waals surface area contributed by atoms with Crippen LogP contribution < -0.4 is 10.1 Å². The largest absolute Gasteiger partial charge is 0.494 e. The van der Waals surface area contributed by atoms with Crippen molar-refractivity contribution in [2.45, 2.75) is 25.7 Å². The first-order valence-electron chi connectivity index (χ1n) is 10.0. The Morgan fingerprint density at radius 1 is 1.03 bits per heavy atom. The van der Waals surface area contributed by atoms with E-state index in [1.165, 1.54) is 43.5 Å². The normalized spacial score (nSPS) is 12.5. The fourth-order valence-corrected chi connectivity index (χ4v) is 3.51. The van der Waals surface area contributed by atoms with Crippen molar-refractivity contribution >= 4 is 34.8 Å². The van der Waals surface area contributed by atoms with Gasteiger partial charge in [0, 0.05) is 25.1 Å². The molecular formula is C21H20N4O8. The molecule has 12 heteroatoms. The van der Waals surface area contributed by atoms with E-state index in [2.05, 4.69) is 5.32 Å². The predicted molar refractivity (Wildman–Crippen MR) is 115 cm³/mol. The van der Waals surface area contributed by atoms with Gasteiger partial charge in [0.2, 0.25) is 5.91 Å². The standard InChI is InChI=1S/C21H20N4O8/c1-33-17-12-13(24(29)30)9-10-15(17)22-18(26)8-3-2-4-11-23-20(27)14-6-5-7-16(25(31)32)19(14)21(23)28/h5-7,9-10,12H,2-4,8,11H2,1H3,(H,22,26). The molecule has 33 heavy (non-hydrogen) atoms. The molecule has 2 aromatic carbocycles. The molecule has 0 saturated heterocycles. The molecule has 0 fully saturated rings. The Balaban J connectivity index is 1.48. The smallest absolute Gasteiger partial charge is 0.282 e. The van der Waals surface area contributed by atoms with Crippen LogP contribution in [0.1, 0.15) is 46.4 Å². The Morgan fingerprint density at radius 3 is 2.45 bits per heavy atom. The van der Waals surface area contributed by atoms with E-state index in [0.717, 1.165) is 4.90 Å². The molecule has 0 saturated carbocycles. The number of nitrogens with zero attached hydrogens (tertiary/aromatic N) is 3. The fraction of sp³-hybridized carbons (Fsp3) is 0.286. The van der Waals surface area contributed by atoms with E-state index >= 15 is 0 Å². The van der Waals surface area contributed by atoms with Crippen LogP contribution in [-0.2, 0) is 4.79 Å². The lowest BCUT2D eigenvalue weighted by Gasteiger charge is -2.13. The topological polar surface area (TPSA) is 162 Å². The van der Waals surface area contributed by atoms with E-state index in [9.17, 15) is 34.6 Å². The number of nitro groups is 2. The highest BCUT2D eigenvalue weighted by Gasteiger charge is 2.40. The second-order valence-electron chi connectivity index (χ2n) is 7.22. The van der Waals surface area contributed by atoms with Gasteiger partial charge >= 0.3 is 0 Å². The van der Waals surface area contributed by atoms with Crippen molar-refractivity contribution in [1.29, 1.82) is 0 Å². The number of amides is 3. The number of imide groups is 1. The number of anilines is 1. The van der Waals surface area contributed by atoms with Gasteiger partial charge in [-0.25, -0.2) is 0 Å². The predicted octanol–water partition coefficient (Wildman–Crippen LogP) is 3.31. The van der Waals surface area contributed by atoms with Crippen molar-refractivity contribution in [1.82, 2.24) is 4.90 Å². The molecule has 0 spiro atoms. The lowest BCUT2D eigenvalue weighted by atomic mass is 10.1. The van der Waals surface area contributed by atoms with E-state index in [1.54, 1.807) is 0 Å². The molecule has 3 rings (SSSR count). The number of carbonyl (C=O) groups excluding carboxylic acids is 3. The quantitative estimate of drug-likeness (QED) is 0.246. The summed E-state index contributed by atoms with van der Waals surface area (Å²) in [5.41, 5.74) is -0.426. The number of nitro benzene ring substituents is 2. The molecule has 172 valence electrons. The second-order valence-corrected chi connectivity index (χ2v) is 7.22. The van der Waals surface area contributed by atoms with Crippen LogP contribution in [0.15, 0.2) is 36.4 Å². The van der Waals surface area contributed by atoms with Crippen LogP contribution in [0.5, 0.6) is 5.75 Å². The second kappa shape index (κ2) is 9.85. The summed E-state index contributed by atoms with van der Waals surface area (Å²) in [6.07, 6.45) is 1.56. The van der Waals surface area contributed by atoms with Crippen molar-refractivity contribution in [2.75, 3.05) is 19.0 Å². The number of fused-ring (bicyclic) bond motifs is 1. The summed E-state index contributed by atoms with van der Waals surface area (Å²) in [7, 11) is 1.34.